The van der Waals surface area contributed by atoms with Gasteiger partial charge in [-0.3, -0.25) is 14.3 Å². The molecular weight excluding hydrogens is 464 g/mol. The number of pyridine rings is 1. The lowest BCUT2D eigenvalue weighted by molar-refractivity contribution is -0.137. The van der Waals surface area contributed by atoms with E-state index in [4.69, 9.17) is 8.85 Å². The molecule has 1 aromatic carbocycles. The first kappa shape index (κ1) is 19.8. The van der Waals surface area contributed by atoms with Crippen molar-refractivity contribution in [3.05, 3.63) is 66.2 Å². The molecule has 0 spiro atoms. The van der Waals surface area contributed by atoms with Gasteiger partial charge in [0.15, 0.2) is 35.1 Å². The zero-order chi connectivity index (χ0) is 27.7. The third kappa shape index (κ3) is 4.22. The summed E-state index contributed by atoms with van der Waals surface area (Å²) in [4.78, 5) is 30.0. The molecule has 1 fully saturated rings. The van der Waals surface area contributed by atoms with E-state index < -0.39 is 37.4 Å². The largest absolute Gasteiger partial charge is 0.387 e. The second-order valence-electron chi connectivity index (χ2n) is 8.05. The Balaban J connectivity index is 1.55. The molecule has 1 aliphatic heterocycles. The number of aromatic nitrogens is 5. The lowest BCUT2D eigenvalue weighted by Gasteiger charge is -2.17. The Kier molecular flexibility index (Phi) is 5.32. The van der Waals surface area contributed by atoms with Gasteiger partial charge >= 0.3 is 0 Å². The van der Waals surface area contributed by atoms with E-state index in [1.54, 1.807) is 11.4 Å². The fourth-order valence-electron chi connectivity index (χ4n) is 3.94. The first-order valence-electron chi connectivity index (χ1n) is 12.4. The highest BCUT2D eigenvalue weighted by Gasteiger charge is 2.47. The van der Waals surface area contributed by atoms with Crippen LogP contribution in [0.2, 0.25) is 0 Å². The predicted molar refractivity (Wildman–Crippen MR) is 127 cm³/mol. The van der Waals surface area contributed by atoms with Crippen LogP contribution in [0.25, 0.3) is 22.6 Å². The van der Waals surface area contributed by atoms with Crippen LogP contribution in [0, 0.1) is 11.3 Å². The van der Waals surface area contributed by atoms with Crippen LogP contribution in [-0.2, 0) is 16.1 Å². The van der Waals surface area contributed by atoms with Gasteiger partial charge < -0.3 is 25.6 Å². The maximum absolute atomic E-state index is 12.4. The monoisotopic (exact) mass is 489 g/mol. The van der Waals surface area contributed by atoms with Crippen LogP contribution in [0.3, 0.4) is 0 Å². The van der Waals surface area contributed by atoms with E-state index in [-0.39, 0.29) is 11.5 Å². The molecule has 4 aromatic rings. The van der Waals surface area contributed by atoms with Crippen molar-refractivity contribution in [2.45, 2.75) is 31.1 Å². The van der Waals surface area contributed by atoms with E-state index in [1.807, 2.05) is 36.4 Å². The minimum atomic E-state index is -2.81. The minimum Gasteiger partial charge on any atom is -0.387 e. The number of amides is 1. The van der Waals surface area contributed by atoms with Crippen LogP contribution in [0.1, 0.15) is 21.5 Å². The summed E-state index contributed by atoms with van der Waals surface area (Å²) in [5.74, 6) is -0.577. The Morgan fingerprint density at radius 2 is 2.08 bits per heavy atom. The topological polar surface area (TPSA) is 171 Å². The van der Waals surface area contributed by atoms with E-state index >= 15 is 0 Å². The number of rotatable bonds is 6. The molecule has 1 aliphatic rings. The normalized spacial score (nSPS) is 22.9. The first-order valence-corrected chi connectivity index (χ1v) is 10.9. The molecule has 3 aromatic heterocycles. The van der Waals surface area contributed by atoms with E-state index in [0.717, 1.165) is 5.56 Å². The Labute approximate surface area is 209 Å². The number of carbonyl (C=O) groups excluding carboxylic acids is 1. The molecule has 4 atom stereocenters. The van der Waals surface area contributed by atoms with Gasteiger partial charge in [0, 0.05) is 35.6 Å². The quantitative estimate of drug-likeness (QED) is 0.303. The van der Waals surface area contributed by atoms with Gasteiger partial charge in [-0.1, -0.05) is 30.3 Å². The van der Waals surface area contributed by atoms with Crippen molar-refractivity contribution in [3.63, 3.8) is 0 Å². The van der Waals surface area contributed by atoms with E-state index in [0.29, 0.717) is 29.0 Å². The molecule has 0 saturated carbocycles. The zero-order valence-electron chi connectivity index (χ0n) is 21.6. The molecule has 0 aliphatic carbocycles. The standard InChI is InChI=1S/C24H22N8O4/c1-26-23(35)19-17(33)18(34)24(36-19)32-12-29-16-21(28-10-13-5-3-2-4-6-13)30-20(31-22(16)32)15-7-14(8-25)9-27-11-15/h2-7,9,11-12,17-19,24,33-34H,10H2,1H3,(H,26,35)(H,28,30,31)/t17-,18+,19-,24+/m0/s1/i1D3. The van der Waals surface area contributed by atoms with E-state index in [2.05, 4.69) is 25.3 Å². The number of aliphatic hydroxyl groups is 2. The van der Waals surface area contributed by atoms with Gasteiger partial charge in [-0.05, 0) is 11.6 Å². The minimum absolute atomic E-state index is 0.186. The number of imidazole rings is 1. The van der Waals surface area contributed by atoms with E-state index in [1.165, 1.54) is 23.3 Å². The highest BCUT2D eigenvalue weighted by Crippen LogP contribution is 2.33. The van der Waals surface area contributed by atoms with Gasteiger partial charge in [-0.15, -0.1) is 0 Å². The van der Waals surface area contributed by atoms with Gasteiger partial charge in [-0.2, -0.15) is 5.26 Å². The highest BCUT2D eigenvalue weighted by atomic mass is 16.6. The predicted octanol–water partition coefficient (Wildman–Crippen LogP) is 0.737. The number of nitrogens with one attached hydrogen (secondary N) is 2. The van der Waals surface area contributed by atoms with Crippen molar-refractivity contribution in [1.82, 2.24) is 29.8 Å². The Morgan fingerprint density at radius 1 is 1.25 bits per heavy atom. The molecule has 5 rings (SSSR count). The van der Waals surface area contributed by atoms with Gasteiger partial charge in [0.05, 0.1) is 11.9 Å². The molecule has 36 heavy (non-hydrogen) atoms. The number of benzene rings is 1. The number of nitriles is 1. The molecular formula is C24H22N8O4. The summed E-state index contributed by atoms with van der Waals surface area (Å²) in [6.07, 6.45) is -2.12. The Bertz CT molecular complexity index is 1560. The number of likely N-dealkylation sites (N-methyl/N-ethyl adjacent to an activating group) is 1. The third-order valence-corrected chi connectivity index (χ3v) is 5.74. The van der Waals surface area contributed by atoms with Crippen LogP contribution in [0.4, 0.5) is 5.82 Å². The summed E-state index contributed by atoms with van der Waals surface area (Å²) in [6, 6.07) is 13.1. The van der Waals surface area contributed by atoms with Gasteiger partial charge in [0.2, 0.25) is 0 Å². The molecule has 0 unspecified atom stereocenters. The summed E-state index contributed by atoms with van der Waals surface area (Å²) in [6.45, 7) is -2.41. The number of nitrogens with zero attached hydrogens (tertiary/aromatic N) is 6. The molecule has 0 bridgehead atoms. The number of anilines is 1. The van der Waals surface area contributed by atoms with Crippen molar-refractivity contribution in [3.8, 4) is 17.5 Å². The summed E-state index contributed by atoms with van der Waals surface area (Å²) in [7, 11) is 0. The van der Waals surface area contributed by atoms with Crippen molar-refractivity contribution in [2.75, 3.05) is 12.3 Å². The summed E-state index contributed by atoms with van der Waals surface area (Å²) in [5.41, 5.74) is 2.20. The van der Waals surface area contributed by atoms with Crippen LogP contribution in [0.15, 0.2) is 55.1 Å². The Hall–Kier alpha value is -4.44. The van der Waals surface area contributed by atoms with Crippen molar-refractivity contribution in [1.29, 1.82) is 5.26 Å². The number of hydrogen-bond acceptors (Lipinski definition) is 10. The van der Waals surface area contributed by atoms with Crippen LogP contribution in [-0.4, -0.2) is 65.9 Å². The molecule has 182 valence electrons. The van der Waals surface area contributed by atoms with Gasteiger partial charge in [-0.25, -0.2) is 15.0 Å². The lowest BCUT2D eigenvalue weighted by atomic mass is 10.1. The van der Waals surface area contributed by atoms with Crippen molar-refractivity contribution < 1.29 is 23.9 Å². The molecule has 1 saturated heterocycles. The fraction of sp³-hybridized carbons (Fsp3) is 0.250. The Morgan fingerprint density at radius 3 is 2.86 bits per heavy atom. The third-order valence-electron chi connectivity index (χ3n) is 5.74. The average Bonchev–Trinajstić information content (AvgIpc) is 3.47. The number of hydrogen-bond donors (Lipinski definition) is 4. The SMILES string of the molecule is [2H]C([2H])([2H])NC(=O)[C@H]1O[C@@H](n2cnc3c(NCc4ccccc4)nc(-c4cncc(C#N)c4)nc32)[C@H](O)[C@@H]1O. The maximum Gasteiger partial charge on any atom is 0.251 e. The number of carbonyl (C=O) groups is 1. The van der Waals surface area contributed by atoms with Crippen LogP contribution >= 0.6 is 0 Å². The van der Waals surface area contributed by atoms with Gasteiger partial charge in [0.1, 0.15) is 18.3 Å². The molecule has 12 heteroatoms. The lowest BCUT2D eigenvalue weighted by Crippen LogP contribution is -2.41. The highest BCUT2D eigenvalue weighted by molar-refractivity contribution is 5.85. The second-order valence-corrected chi connectivity index (χ2v) is 8.05. The van der Waals surface area contributed by atoms with Gasteiger partial charge in [0.25, 0.3) is 5.91 Å². The summed E-state index contributed by atoms with van der Waals surface area (Å²) in [5, 5.41) is 35.5. The molecule has 12 nitrogen and oxygen atoms in total. The number of aliphatic hydroxyl groups excluding tert-OH is 2. The average molecular weight is 490 g/mol. The number of ether oxygens (including phenoxy) is 1. The van der Waals surface area contributed by atoms with E-state index in [9.17, 15) is 20.3 Å². The molecule has 4 N–H and O–H groups in total. The van der Waals surface area contributed by atoms with Crippen LogP contribution in [0.5, 0.6) is 0 Å². The molecule has 0 radical (unpaired) electrons. The summed E-state index contributed by atoms with van der Waals surface area (Å²) < 4.78 is 28.7. The van der Waals surface area contributed by atoms with Crippen LogP contribution < -0.4 is 10.6 Å². The number of fused-ring (bicyclic) bond motifs is 1. The first-order chi connectivity index (χ1) is 18.6. The van der Waals surface area contributed by atoms with Crippen molar-refractivity contribution in [2.24, 2.45) is 0 Å². The smallest absolute Gasteiger partial charge is 0.251 e. The maximum atomic E-state index is 12.4. The van der Waals surface area contributed by atoms with Crippen molar-refractivity contribution >= 4 is 22.9 Å². The fourth-order valence-corrected chi connectivity index (χ4v) is 3.94. The molecule has 1 amide bonds. The molecule has 4 heterocycles. The second kappa shape index (κ2) is 9.67. The zero-order valence-corrected chi connectivity index (χ0v) is 18.6. The summed E-state index contributed by atoms with van der Waals surface area (Å²) >= 11 is 0.